The van der Waals surface area contributed by atoms with Gasteiger partial charge in [-0.05, 0) is 37.1 Å². The molecule has 2 aromatic rings. The molecule has 2 aromatic carbocycles. The summed E-state index contributed by atoms with van der Waals surface area (Å²) in [5.41, 5.74) is 0. The lowest BCUT2D eigenvalue weighted by Crippen LogP contribution is -2.54. The zero-order valence-electron chi connectivity index (χ0n) is 15.8. The van der Waals surface area contributed by atoms with E-state index in [-0.39, 0.29) is 37.1 Å². The van der Waals surface area contributed by atoms with Crippen LogP contribution >= 0.6 is 0 Å². The summed E-state index contributed by atoms with van der Waals surface area (Å²) in [7, 11) is 0. The molecular formula is C22H26N2O4. The fourth-order valence-electron chi connectivity index (χ4n) is 3.30. The number of amides is 2. The second kappa shape index (κ2) is 10.3. The molecule has 2 atom stereocenters. The molecule has 2 unspecified atom stereocenters. The predicted molar refractivity (Wildman–Crippen MR) is 106 cm³/mol. The highest BCUT2D eigenvalue weighted by molar-refractivity contribution is 5.79. The maximum atomic E-state index is 12.3. The third-order valence-electron chi connectivity index (χ3n) is 4.68. The molecule has 0 spiro atoms. The topological polar surface area (TPSA) is 76.7 Å². The molecule has 0 radical (unpaired) electrons. The molecule has 6 nitrogen and oxygen atoms in total. The first kappa shape index (κ1) is 19.7. The van der Waals surface area contributed by atoms with Crippen LogP contribution in [0.15, 0.2) is 60.7 Å². The molecule has 1 saturated carbocycles. The minimum Gasteiger partial charge on any atom is -0.484 e. The molecule has 2 amide bonds. The first-order valence-corrected chi connectivity index (χ1v) is 9.65. The van der Waals surface area contributed by atoms with Gasteiger partial charge in [0, 0.05) is 12.1 Å². The van der Waals surface area contributed by atoms with Gasteiger partial charge in [-0.15, -0.1) is 0 Å². The maximum Gasteiger partial charge on any atom is 0.258 e. The third-order valence-corrected chi connectivity index (χ3v) is 4.68. The molecule has 2 N–H and O–H groups in total. The quantitative estimate of drug-likeness (QED) is 0.736. The third kappa shape index (κ3) is 6.30. The number of hydrogen-bond donors (Lipinski definition) is 2. The molecule has 0 bridgehead atoms. The maximum absolute atomic E-state index is 12.3. The average Bonchev–Trinajstić information content (AvgIpc) is 2.74. The van der Waals surface area contributed by atoms with Crippen LogP contribution in [0.25, 0.3) is 0 Å². The molecule has 0 aliphatic heterocycles. The molecule has 1 aliphatic carbocycles. The SMILES string of the molecule is O=C(COc1ccccc1)NC1CCCCC1NC(=O)COc1ccccc1. The Balaban J connectivity index is 1.45. The smallest absolute Gasteiger partial charge is 0.258 e. The fraction of sp³-hybridized carbons (Fsp3) is 0.364. The van der Waals surface area contributed by atoms with Crippen molar-refractivity contribution in [3.05, 3.63) is 60.7 Å². The van der Waals surface area contributed by atoms with Crippen molar-refractivity contribution < 1.29 is 19.1 Å². The second-order valence-electron chi connectivity index (χ2n) is 6.84. The van der Waals surface area contributed by atoms with Crippen LogP contribution < -0.4 is 20.1 Å². The predicted octanol–water partition coefficient (Wildman–Crippen LogP) is 2.69. The Kier molecular flexibility index (Phi) is 7.29. The Hall–Kier alpha value is -3.02. The van der Waals surface area contributed by atoms with E-state index in [0.29, 0.717) is 11.5 Å². The summed E-state index contributed by atoms with van der Waals surface area (Å²) in [4.78, 5) is 24.5. The summed E-state index contributed by atoms with van der Waals surface area (Å²) in [6, 6.07) is 18.3. The Morgan fingerprint density at radius 2 is 1.11 bits per heavy atom. The van der Waals surface area contributed by atoms with Gasteiger partial charge in [-0.1, -0.05) is 49.2 Å². The van der Waals surface area contributed by atoms with Crippen molar-refractivity contribution in [3.8, 4) is 11.5 Å². The lowest BCUT2D eigenvalue weighted by molar-refractivity contribution is -0.127. The van der Waals surface area contributed by atoms with Crippen molar-refractivity contribution in [2.75, 3.05) is 13.2 Å². The second-order valence-corrected chi connectivity index (χ2v) is 6.84. The van der Waals surface area contributed by atoms with Crippen molar-refractivity contribution >= 4 is 11.8 Å². The normalized spacial score (nSPS) is 18.7. The molecule has 3 rings (SSSR count). The zero-order valence-corrected chi connectivity index (χ0v) is 15.8. The van der Waals surface area contributed by atoms with E-state index in [1.807, 2.05) is 60.7 Å². The molecule has 28 heavy (non-hydrogen) atoms. The minimum absolute atomic E-state index is 0.0434. The van der Waals surface area contributed by atoms with Gasteiger partial charge in [0.2, 0.25) is 0 Å². The number of carbonyl (C=O) groups is 2. The molecule has 6 heteroatoms. The van der Waals surface area contributed by atoms with E-state index in [1.165, 1.54) is 0 Å². The first-order valence-electron chi connectivity index (χ1n) is 9.65. The van der Waals surface area contributed by atoms with E-state index >= 15 is 0 Å². The number of ether oxygens (including phenoxy) is 2. The van der Waals surface area contributed by atoms with E-state index in [1.54, 1.807) is 0 Å². The highest BCUT2D eigenvalue weighted by Gasteiger charge is 2.28. The summed E-state index contributed by atoms with van der Waals surface area (Å²) < 4.78 is 11.0. The van der Waals surface area contributed by atoms with Gasteiger partial charge in [0.1, 0.15) is 11.5 Å². The lowest BCUT2D eigenvalue weighted by atomic mass is 9.90. The zero-order chi connectivity index (χ0) is 19.6. The van der Waals surface area contributed by atoms with Crippen LogP contribution in [0.3, 0.4) is 0 Å². The summed E-state index contributed by atoms with van der Waals surface area (Å²) in [5, 5.41) is 6.00. The van der Waals surface area contributed by atoms with E-state index in [0.717, 1.165) is 25.7 Å². The Morgan fingerprint density at radius 3 is 1.50 bits per heavy atom. The standard InChI is InChI=1S/C22H26N2O4/c25-21(15-27-17-9-3-1-4-10-17)23-19-13-7-8-14-20(19)24-22(26)16-28-18-11-5-2-6-12-18/h1-6,9-12,19-20H,7-8,13-16H2,(H,23,25)(H,24,26). The highest BCUT2D eigenvalue weighted by Crippen LogP contribution is 2.19. The van der Waals surface area contributed by atoms with Crippen LogP contribution in [0.1, 0.15) is 25.7 Å². The monoisotopic (exact) mass is 382 g/mol. The van der Waals surface area contributed by atoms with E-state index in [2.05, 4.69) is 10.6 Å². The van der Waals surface area contributed by atoms with Crippen LogP contribution in [0.5, 0.6) is 11.5 Å². The van der Waals surface area contributed by atoms with Crippen molar-refractivity contribution in [1.82, 2.24) is 10.6 Å². The van der Waals surface area contributed by atoms with Crippen LogP contribution in [0.4, 0.5) is 0 Å². The highest BCUT2D eigenvalue weighted by atomic mass is 16.5. The van der Waals surface area contributed by atoms with Gasteiger partial charge in [0.25, 0.3) is 11.8 Å². The molecular weight excluding hydrogens is 356 g/mol. The van der Waals surface area contributed by atoms with Crippen LogP contribution in [-0.4, -0.2) is 37.1 Å². The summed E-state index contributed by atoms with van der Waals surface area (Å²) in [5.74, 6) is 0.944. The van der Waals surface area contributed by atoms with Gasteiger partial charge in [-0.2, -0.15) is 0 Å². The number of rotatable bonds is 8. The number of para-hydroxylation sites is 2. The average molecular weight is 382 g/mol. The number of carbonyl (C=O) groups excluding carboxylic acids is 2. The van der Waals surface area contributed by atoms with Crippen molar-refractivity contribution in [1.29, 1.82) is 0 Å². The van der Waals surface area contributed by atoms with Crippen LogP contribution in [-0.2, 0) is 9.59 Å². The fourth-order valence-corrected chi connectivity index (χ4v) is 3.30. The molecule has 1 aliphatic rings. The number of nitrogens with one attached hydrogen (secondary N) is 2. The summed E-state index contributed by atoms with van der Waals surface area (Å²) in [6.07, 6.45) is 3.72. The van der Waals surface area contributed by atoms with Gasteiger partial charge in [0.15, 0.2) is 13.2 Å². The largest absolute Gasteiger partial charge is 0.484 e. The Labute approximate surface area is 165 Å². The lowest BCUT2D eigenvalue weighted by Gasteiger charge is -2.32. The molecule has 0 aromatic heterocycles. The minimum atomic E-state index is -0.185. The van der Waals surface area contributed by atoms with Crippen molar-refractivity contribution in [3.63, 3.8) is 0 Å². The van der Waals surface area contributed by atoms with E-state index in [4.69, 9.17) is 9.47 Å². The molecule has 0 heterocycles. The number of hydrogen-bond acceptors (Lipinski definition) is 4. The molecule has 148 valence electrons. The molecule has 1 fully saturated rings. The number of benzene rings is 2. The van der Waals surface area contributed by atoms with Gasteiger partial charge >= 0.3 is 0 Å². The Bertz CT molecular complexity index is 686. The van der Waals surface area contributed by atoms with Crippen molar-refractivity contribution in [2.45, 2.75) is 37.8 Å². The van der Waals surface area contributed by atoms with Crippen LogP contribution in [0.2, 0.25) is 0 Å². The first-order chi connectivity index (χ1) is 13.7. The Morgan fingerprint density at radius 1 is 0.714 bits per heavy atom. The van der Waals surface area contributed by atoms with Gasteiger partial charge in [0.05, 0.1) is 0 Å². The van der Waals surface area contributed by atoms with Crippen LogP contribution in [0, 0.1) is 0 Å². The van der Waals surface area contributed by atoms with E-state index < -0.39 is 0 Å². The van der Waals surface area contributed by atoms with Gasteiger partial charge in [-0.3, -0.25) is 9.59 Å². The van der Waals surface area contributed by atoms with E-state index in [9.17, 15) is 9.59 Å². The summed E-state index contributed by atoms with van der Waals surface area (Å²) >= 11 is 0. The van der Waals surface area contributed by atoms with Crippen molar-refractivity contribution in [2.24, 2.45) is 0 Å². The van der Waals surface area contributed by atoms with Gasteiger partial charge < -0.3 is 20.1 Å². The summed E-state index contributed by atoms with van der Waals surface area (Å²) in [6.45, 7) is -0.0867. The van der Waals surface area contributed by atoms with Gasteiger partial charge in [-0.25, -0.2) is 0 Å². The molecule has 0 saturated heterocycles.